The molecule has 1 aromatic carbocycles. The minimum absolute atomic E-state index is 0.260. The van der Waals surface area contributed by atoms with Crippen LogP contribution in [0.4, 0.5) is 0 Å². The first-order valence-corrected chi connectivity index (χ1v) is 11.8. The molecule has 0 radical (unpaired) electrons. The van der Waals surface area contributed by atoms with Crippen molar-refractivity contribution in [2.75, 3.05) is 45.9 Å². The van der Waals surface area contributed by atoms with E-state index in [1.807, 2.05) is 6.20 Å². The fraction of sp³-hybridized carbons (Fsp3) is 0.565. The fourth-order valence-electron chi connectivity index (χ4n) is 3.63. The van der Waals surface area contributed by atoms with E-state index in [1.165, 1.54) is 21.0 Å². The van der Waals surface area contributed by atoms with E-state index < -0.39 is 0 Å². The number of aryl methyl sites for hydroxylation is 2. The Hall–Kier alpha value is -1.96. The van der Waals surface area contributed by atoms with Gasteiger partial charge in [-0.2, -0.15) is 0 Å². The van der Waals surface area contributed by atoms with Crippen LogP contribution in [0.15, 0.2) is 35.5 Å². The minimum atomic E-state index is 0.260. The van der Waals surface area contributed by atoms with Crippen molar-refractivity contribution < 1.29 is 4.74 Å². The summed E-state index contributed by atoms with van der Waals surface area (Å²) in [5.74, 6) is 0.871. The summed E-state index contributed by atoms with van der Waals surface area (Å²) < 4.78 is 5.57. The van der Waals surface area contributed by atoms with Crippen molar-refractivity contribution in [1.82, 2.24) is 20.5 Å². The van der Waals surface area contributed by atoms with E-state index in [1.54, 1.807) is 11.3 Å². The van der Waals surface area contributed by atoms with Crippen LogP contribution in [-0.2, 0) is 17.6 Å². The Bertz CT molecular complexity index is 800. The smallest absolute Gasteiger partial charge is 0.191 e. The summed E-state index contributed by atoms with van der Waals surface area (Å²) in [6, 6.07) is 9.05. The van der Waals surface area contributed by atoms with Gasteiger partial charge in [0, 0.05) is 43.7 Å². The number of thiazole rings is 1. The number of aromatic nitrogens is 1. The first-order valence-electron chi connectivity index (χ1n) is 11.0. The van der Waals surface area contributed by atoms with Gasteiger partial charge in [0.2, 0.25) is 0 Å². The molecule has 0 amide bonds. The molecule has 0 saturated carbocycles. The molecule has 6 nitrogen and oxygen atoms in total. The lowest BCUT2D eigenvalue weighted by Crippen LogP contribution is -2.42. The van der Waals surface area contributed by atoms with E-state index in [0.717, 1.165) is 64.7 Å². The van der Waals surface area contributed by atoms with Crippen LogP contribution in [0, 0.1) is 6.92 Å². The Morgan fingerprint density at radius 3 is 2.80 bits per heavy atom. The zero-order chi connectivity index (χ0) is 21.2. The molecule has 1 aromatic heterocycles. The van der Waals surface area contributed by atoms with Gasteiger partial charge < -0.3 is 15.4 Å². The van der Waals surface area contributed by atoms with Crippen LogP contribution in [0.1, 0.15) is 40.9 Å². The van der Waals surface area contributed by atoms with E-state index >= 15 is 0 Å². The minimum Gasteiger partial charge on any atom is -0.379 e. The Kier molecular flexibility index (Phi) is 9.11. The SMILES string of the molecule is CCNC(=NCC(c1cccc(C)c1)N1CCOCC1)NCCc1ncc(CC)s1. The van der Waals surface area contributed by atoms with Crippen molar-refractivity contribution in [1.29, 1.82) is 0 Å². The monoisotopic (exact) mass is 429 g/mol. The maximum atomic E-state index is 5.57. The first kappa shape index (κ1) is 22.7. The molecule has 30 heavy (non-hydrogen) atoms. The van der Waals surface area contributed by atoms with Crippen LogP contribution in [0.3, 0.4) is 0 Å². The average molecular weight is 430 g/mol. The second kappa shape index (κ2) is 12.0. The van der Waals surface area contributed by atoms with Crippen LogP contribution in [0.25, 0.3) is 0 Å². The second-order valence-electron chi connectivity index (χ2n) is 7.55. The number of nitrogens with zero attached hydrogens (tertiary/aromatic N) is 3. The molecule has 3 rings (SSSR count). The summed E-state index contributed by atoms with van der Waals surface area (Å²) in [6.07, 6.45) is 3.96. The predicted octanol–water partition coefficient (Wildman–Crippen LogP) is 3.19. The molecule has 1 fully saturated rings. The summed E-state index contributed by atoms with van der Waals surface area (Å²) >= 11 is 1.80. The number of hydrogen-bond acceptors (Lipinski definition) is 5. The van der Waals surface area contributed by atoms with Gasteiger partial charge >= 0.3 is 0 Å². The van der Waals surface area contributed by atoms with Crippen molar-refractivity contribution in [3.63, 3.8) is 0 Å². The van der Waals surface area contributed by atoms with Gasteiger partial charge in [-0.25, -0.2) is 4.98 Å². The van der Waals surface area contributed by atoms with Crippen molar-refractivity contribution in [2.24, 2.45) is 4.99 Å². The molecule has 1 atom stereocenters. The molecule has 0 bridgehead atoms. The van der Waals surface area contributed by atoms with Gasteiger partial charge in [-0.15, -0.1) is 11.3 Å². The van der Waals surface area contributed by atoms with Crippen molar-refractivity contribution in [3.05, 3.63) is 51.5 Å². The lowest BCUT2D eigenvalue weighted by atomic mass is 10.0. The zero-order valence-corrected chi connectivity index (χ0v) is 19.3. The van der Waals surface area contributed by atoms with Crippen LogP contribution >= 0.6 is 11.3 Å². The number of rotatable bonds is 9. The third kappa shape index (κ3) is 6.79. The fourth-order valence-corrected chi connectivity index (χ4v) is 4.49. The number of ether oxygens (including phenoxy) is 1. The van der Waals surface area contributed by atoms with E-state index in [-0.39, 0.29) is 6.04 Å². The molecule has 0 aliphatic carbocycles. The Morgan fingerprint density at radius 2 is 2.10 bits per heavy atom. The molecular formula is C23H35N5OS. The third-order valence-electron chi connectivity index (χ3n) is 5.26. The molecule has 2 heterocycles. The topological polar surface area (TPSA) is 61.8 Å². The molecule has 2 aromatic rings. The van der Waals surface area contributed by atoms with E-state index in [4.69, 9.17) is 9.73 Å². The van der Waals surface area contributed by atoms with Gasteiger partial charge in [0.1, 0.15) is 0 Å². The number of benzene rings is 1. The van der Waals surface area contributed by atoms with E-state index in [0.29, 0.717) is 0 Å². The van der Waals surface area contributed by atoms with Crippen LogP contribution in [-0.4, -0.2) is 61.8 Å². The highest BCUT2D eigenvalue weighted by atomic mass is 32.1. The van der Waals surface area contributed by atoms with Gasteiger partial charge in [-0.1, -0.05) is 36.8 Å². The van der Waals surface area contributed by atoms with Crippen molar-refractivity contribution >= 4 is 17.3 Å². The molecule has 0 spiro atoms. The largest absolute Gasteiger partial charge is 0.379 e. The number of hydrogen-bond donors (Lipinski definition) is 2. The zero-order valence-electron chi connectivity index (χ0n) is 18.5. The molecule has 1 aliphatic heterocycles. The van der Waals surface area contributed by atoms with Gasteiger partial charge in [0.15, 0.2) is 5.96 Å². The number of morpholine rings is 1. The number of aliphatic imine (C=N–C) groups is 1. The second-order valence-corrected chi connectivity index (χ2v) is 8.75. The molecule has 1 saturated heterocycles. The molecule has 7 heteroatoms. The average Bonchev–Trinajstić information content (AvgIpc) is 3.23. The summed E-state index contributed by atoms with van der Waals surface area (Å²) in [5, 5.41) is 8.05. The summed E-state index contributed by atoms with van der Waals surface area (Å²) in [4.78, 5) is 13.3. The number of guanidine groups is 1. The highest BCUT2D eigenvalue weighted by Gasteiger charge is 2.22. The Balaban J connectivity index is 1.65. The summed E-state index contributed by atoms with van der Waals surface area (Å²) in [6.45, 7) is 12.3. The lowest BCUT2D eigenvalue weighted by molar-refractivity contribution is 0.0179. The maximum Gasteiger partial charge on any atom is 0.191 e. The Morgan fingerprint density at radius 1 is 1.27 bits per heavy atom. The first-order chi connectivity index (χ1) is 14.7. The lowest BCUT2D eigenvalue weighted by Gasteiger charge is -2.34. The molecular weight excluding hydrogens is 394 g/mol. The maximum absolute atomic E-state index is 5.57. The summed E-state index contributed by atoms with van der Waals surface area (Å²) in [7, 11) is 0. The molecule has 1 unspecified atom stereocenters. The van der Waals surface area contributed by atoms with Crippen LogP contribution in [0.2, 0.25) is 0 Å². The van der Waals surface area contributed by atoms with Crippen molar-refractivity contribution in [3.8, 4) is 0 Å². The molecule has 2 N–H and O–H groups in total. The van der Waals surface area contributed by atoms with Gasteiger partial charge in [-0.05, 0) is 25.8 Å². The van der Waals surface area contributed by atoms with Gasteiger partial charge in [0.05, 0.1) is 30.8 Å². The van der Waals surface area contributed by atoms with Crippen LogP contribution < -0.4 is 10.6 Å². The highest BCUT2D eigenvalue weighted by molar-refractivity contribution is 7.11. The number of nitrogens with one attached hydrogen (secondary N) is 2. The normalized spacial score (nSPS) is 16.4. The molecule has 164 valence electrons. The quantitative estimate of drug-likeness (QED) is 0.474. The highest BCUT2D eigenvalue weighted by Crippen LogP contribution is 2.23. The summed E-state index contributed by atoms with van der Waals surface area (Å²) in [5.41, 5.74) is 2.61. The van der Waals surface area contributed by atoms with Gasteiger partial charge in [0.25, 0.3) is 0 Å². The third-order valence-corrected chi connectivity index (χ3v) is 6.46. The van der Waals surface area contributed by atoms with Crippen LogP contribution in [0.5, 0.6) is 0 Å². The Labute approximate surface area is 184 Å². The molecule has 1 aliphatic rings. The van der Waals surface area contributed by atoms with E-state index in [9.17, 15) is 0 Å². The van der Waals surface area contributed by atoms with Crippen molar-refractivity contribution in [2.45, 2.75) is 39.7 Å². The predicted molar refractivity (Wildman–Crippen MR) is 125 cm³/mol. The standard InChI is InChI=1S/C23H35N5OS/c1-4-20-16-26-22(30-20)9-10-25-23(24-5-2)27-17-21(28-11-13-29-14-12-28)19-8-6-7-18(3)15-19/h6-8,15-16,21H,4-5,9-14,17H2,1-3H3,(H2,24,25,27). The van der Waals surface area contributed by atoms with Gasteiger partial charge in [-0.3, -0.25) is 9.89 Å². The van der Waals surface area contributed by atoms with E-state index in [2.05, 4.69) is 65.6 Å².